The third-order valence-corrected chi connectivity index (χ3v) is 5.80. The summed E-state index contributed by atoms with van der Waals surface area (Å²) in [5.41, 5.74) is 2.58. The maximum absolute atomic E-state index is 13.1. The lowest BCUT2D eigenvalue weighted by molar-refractivity contribution is -0.121. The van der Waals surface area contributed by atoms with Crippen LogP contribution >= 0.6 is 0 Å². The largest absolute Gasteiger partial charge is 0.465 e. The Morgan fingerprint density at radius 1 is 1.18 bits per heavy atom. The highest BCUT2D eigenvalue weighted by Crippen LogP contribution is 2.24. The van der Waals surface area contributed by atoms with Crippen molar-refractivity contribution in [2.24, 2.45) is 5.92 Å². The van der Waals surface area contributed by atoms with Gasteiger partial charge in [-0.3, -0.25) is 9.69 Å². The van der Waals surface area contributed by atoms with E-state index >= 15 is 0 Å². The Hall–Kier alpha value is -3.59. The molecule has 0 bridgehead atoms. The number of halogens is 1. The normalized spacial score (nSPS) is 14.8. The third kappa shape index (κ3) is 5.43. The van der Waals surface area contributed by atoms with Crippen LogP contribution in [0.5, 0.6) is 0 Å². The van der Waals surface area contributed by atoms with E-state index in [0.29, 0.717) is 61.0 Å². The number of carbonyl (C=O) groups excluding carboxylic acids is 2. The number of nitrogens with one attached hydrogen (secondary N) is 1. The van der Waals surface area contributed by atoms with Crippen molar-refractivity contribution in [3.05, 3.63) is 65.3 Å². The predicted molar refractivity (Wildman–Crippen MR) is 119 cm³/mol. The first-order chi connectivity index (χ1) is 15.9. The first-order valence-electron chi connectivity index (χ1n) is 10.7. The average Bonchev–Trinajstić information content (AvgIpc) is 3.29. The summed E-state index contributed by atoms with van der Waals surface area (Å²) in [6.45, 7) is 3.80. The second-order valence-electron chi connectivity index (χ2n) is 8.08. The van der Waals surface area contributed by atoms with E-state index in [-0.39, 0.29) is 17.6 Å². The number of aryl methyl sites for hydroxylation is 1. The SMILES string of the molecule is COC(=O)c1ccc(C)c(NC(=O)C2CCN(Cc3nc(-c4ccc(F)cc4)no3)CC2)c1. The number of piperidine rings is 1. The summed E-state index contributed by atoms with van der Waals surface area (Å²) in [7, 11) is 1.33. The molecule has 172 valence electrons. The molecule has 4 rings (SSSR count). The van der Waals surface area contributed by atoms with E-state index in [1.54, 1.807) is 30.3 Å². The molecule has 1 N–H and O–H groups in total. The molecular formula is C24H25FN4O4. The average molecular weight is 452 g/mol. The van der Waals surface area contributed by atoms with Gasteiger partial charge in [0.1, 0.15) is 5.82 Å². The minimum absolute atomic E-state index is 0.0591. The number of methoxy groups -OCH3 is 1. The molecule has 1 aliphatic heterocycles. The van der Waals surface area contributed by atoms with E-state index in [2.05, 4.69) is 20.4 Å². The second kappa shape index (κ2) is 9.91. The van der Waals surface area contributed by atoms with Gasteiger partial charge in [0.25, 0.3) is 0 Å². The highest BCUT2D eigenvalue weighted by Gasteiger charge is 2.26. The van der Waals surface area contributed by atoms with Gasteiger partial charge < -0.3 is 14.6 Å². The first-order valence-corrected chi connectivity index (χ1v) is 10.7. The number of amides is 1. The van der Waals surface area contributed by atoms with E-state index in [1.165, 1.54) is 19.2 Å². The van der Waals surface area contributed by atoms with Gasteiger partial charge in [-0.1, -0.05) is 11.2 Å². The van der Waals surface area contributed by atoms with Crippen molar-refractivity contribution in [2.75, 3.05) is 25.5 Å². The Morgan fingerprint density at radius 2 is 1.91 bits per heavy atom. The molecule has 0 aliphatic carbocycles. The summed E-state index contributed by atoms with van der Waals surface area (Å²) in [4.78, 5) is 31.1. The Morgan fingerprint density at radius 3 is 2.61 bits per heavy atom. The van der Waals surface area contributed by atoms with Crippen molar-refractivity contribution in [2.45, 2.75) is 26.3 Å². The molecule has 3 aromatic rings. The van der Waals surface area contributed by atoms with E-state index in [9.17, 15) is 14.0 Å². The van der Waals surface area contributed by atoms with Gasteiger partial charge in [0.05, 0.1) is 19.2 Å². The minimum atomic E-state index is -0.442. The number of anilines is 1. The van der Waals surface area contributed by atoms with Crippen LogP contribution in [0.3, 0.4) is 0 Å². The van der Waals surface area contributed by atoms with Crippen molar-refractivity contribution in [3.63, 3.8) is 0 Å². The van der Waals surface area contributed by atoms with Gasteiger partial charge in [-0.05, 0) is 74.8 Å². The van der Waals surface area contributed by atoms with Gasteiger partial charge in [-0.15, -0.1) is 0 Å². The number of aromatic nitrogens is 2. The van der Waals surface area contributed by atoms with Crippen molar-refractivity contribution in [1.29, 1.82) is 0 Å². The fourth-order valence-corrected chi connectivity index (χ4v) is 3.82. The van der Waals surface area contributed by atoms with Gasteiger partial charge >= 0.3 is 5.97 Å². The van der Waals surface area contributed by atoms with Gasteiger partial charge in [0, 0.05) is 17.2 Å². The Kier molecular flexibility index (Phi) is 6.79. The lowest BCUT2D eigenvalue weighted by Crippen LogP contribution is -2.37. The number of hydrogen-bond acceptors (Lipinski definition) is 7. The number of ether oxygens (including phenoxy) is 1. The van der Waals surface area contributed by atoms with Crippen LogP contribution in [-0.4, -0.2) is 47.1 Å². The zero-order valence-electron chi connectivity index (χ0n) is 18.5. The van der Waals surface area contributed by atoms with Gasteiger partial charge in [0.15, 0.2) is 0 Å². The highest BCUT2D eigenvalue weighted by atomic mass is 19.1. The number of esters is 1. The van der Waals surface area contributed by atoms with E-state index in [4.69, 9.17) is 9.26 Å². The number of nitrogens with zero attached hydrogens (tertiary/aromatic N) is 3. The molecule has 1 aliphatic rings. The molecule has 0 atom stereocenters. The van der Waals surface area contributed by atoms with Gasteiger partial charge in [-0.2, -0.15) is 4.98 Å². The number of benzene rings is 2. The molecule has 0 radical (unpaired) electrons. The summed E-state index contributed by atoms with van der Waals surface area (Å²) in [5, 5.41) is 6.93. The smallest absolute Gasteiger partial charge is 0.337 e. The molecule has 1 amide bonds. The zero-order chi connectivity index (χ0) is 23.4. The fourth-order valence-electron chi connectivity index (χ4n) is 3.82. The van der Waals surface area contributed by atoms with Crippen LogP contribution in [0.4, 0.5) is 10.1 Å². The number of likely N-dealkylation sites (tertiary alicyclic amines) is 1. The van der Waals surface area contributed by atoms with Crippen molar-refractivity contribution < 1.29 is 23.2 Å². The maximum atomic E-state index is 13.1. The standard InChI is InChI=1S/C24H25FN4O4/c1-15-3-4-18(24(31)32-2)13-20(15)26-23(30)17-9-11-29(12-10-17)14-21-27-22(28-33-21)16-5-7-19(25)8-6-16/h3-8,13,17H,9-12,14H2,1-2H3,(H,26,30). The molecular weight excluding hydrogens is 427 g/mol. The van der Waals surface area contributed by atoms with Crippen LogP contribution in [0.15, 0.2) is 47.0 Å². The molecule has 2 heterocycles. The number of rotatable bonds is 6. The van der Waals surface area contributed by atoms with E-state index in [1.807, 2.05) is 6.92 Å². The third-order valence-electron chi connectivity index (χ3n) is 5.80. The van der Waals surface area contributed by atoms with Gasteiger partial charge in [0.2, 0.25) is 17.6 Å². The molecule has 0 saturated carbocycles. The van der Waals surface area contributed by atoms with E-state index in [0.717, 1.165) is 5.56 Å². The lowest BCUT2D eigenvalue weighted by atomic mass is 9.95. The summed E-state index contributed by atoms with van der Waals surface area (Å²) in [6.07, 6.45) is 1.39. The number of hydrogen-bond donors (Lipinski definition) is 1. The molecule has 1 fully saturated rings. The van der Waals surface area contributed by atoms with Crippen molar-refractivity contribution in [1.82, 2.24) is 15.0 Å². The molecule has 9 heteroatoms. The van der Waals surface area contributed by atoms with Crippen LogP contribution in [0.2, 0.25) is 0 Å². The minimum Gasteiger partial charge on any atom is -0.465 e. The maximum Gasteiger partial charge on any atom is 0.337 e. The topological polar surface area (TPSA) is 97.6 Å². The molecule has 1 aromatic heterocycles. The summed E-state index contributed by atoms with van der Waals surface area (Å²) in [6, 6.07) is 11.0. The Labute approximate surface area is 190 Å². The summed E-state index contributed by atoms with van der Waals surface area (Å²) >= 11 is 0. The Bertz CT molecular complexity index is 1140. The summed E-state index contributed by atoms with van der Waals surface area (Å²) < 4.78 is 23.2. The monoisotopic (exact) mass is 452 g/mol. The fraction of sp³-hybridized carbons (Fsp3) is 0.333. The number of carbonyl (C=O) groups is 2. The lowest BCUT2D eigenvalue weighted by Gasteiger charge is -2.30. The predicted octanol–water partition coefficient (Wildman–Crippen LogP) is 3.82. The highest BCUT2D eigenvalue weighted by molar-refractivity contribution is 5.96. The molecule has 0 spiro atoms. The summed E-state index contributed by atoms with van der Waals surface area (Å²) in [5.74, 6) is -0.0459. The molecule has 1 saturated heterocycles. The van der Waals surface area contributed by atoms with Crippen molar-refractivity contribution >= 4 is 17.6 Å². The van der Waals surface area contributed by atoms with Crippen LogP contribution in [-0.2, 0) is 16.1 Å². The van der Waals surface area contributed by atoms with Gasteiger partial charge in [-0.25, -0.2) is 9.18 Å². The van der Waals surface area contributed by atoms with Crippen LogP contribution in [0, 0.1) is 18.7 Å². The quantitative estimate of drug-likeness (QED) is 0.568. The second-order valence-corrected chi connectivity index (χ2v) is 8.08. The molecule has 2 aromatic carbocycles. The van der Waals surface area contributed by atoms with Crippen LogP contribution < -0.4 is 5.32 Å². The van der Waals surface area contributed by atoms with Crippen molar-refractivity contribution in [3.8, 4) is 11.4 Å². The zero-order valence-corrected chi connectivity index (χ0v) is 18.5. The molecule has 0 unspecified atom stereocenters. The molecule has 8 nitrogen and oxygen atoms in total. The first kappa shape index (κ1) is 22.6. The van der Waals surface area contributed by atoms with Crippen LogP contribution in [0.1, 0.15) is 34.7 Å². The Balaban J connectivity index is 1.31. The van der Waals surface area contributed by atoms with E-state index < -0.39 is 5.97 Å². The van der Waals surface area contributed by atoms with Crippen LogP contribution in [0.25, 0.3) is 11.4 Å². The molecule has 33 heavy (non-hydrogen) atoms.